The molecule has 3 heterocycles. The first-order valence-electron chi connectivity index (χ1n) is 11.6. The SMILES string of the molecule is Fc1ccc(CN2CCc3c(COCc4ccncc4)cncc3C2)cc1.O=C(O)C(F)(F)F.O=C(O)C(F)(F)F. The van der Waals surface area contributed by atoms with Crippen LogP contribution >= 0.6 is 0 Å². The minimum absolute atomic E-state index is 0.191. The minimum atomic E-state index is -5.08. The lowest BCUT2D eigenvalue weighted by atomic mass is 9.97. The third kappa shape index (κ3) is 11.9. The zero-order chi connectivity index (χ0) is 30.6. The van der Waals surface area contributed by atoms with Gasteiger partial charge in [0.2, 0.25) is 0 Å². The maximum atomic E-state index is 13.1. The molecule has 0 radical (unpaired) electrons. The molecule has 0 unspecified atom stereocenters. The van der Waals surface area contributed by atoms with Gasteiger partial charge in [-0.3, -0.25) is 14.9 Å². The Bertz CT molecular complexity index is 1250. The Hall–Kier alpha value is -4.11. The van der Waals surface area contributed by atoms with Crippen LogP contribution in [0, 0.1) is 5.82 Å². The van der Waals surface area contributed by atoms with Gasteiger partial charge in [-0.25, -0.2) is 14.0 Å². The summed E-state index contributed by atoms with van der Waals surface area (Å²) in [4.78, 5) is 28.6. The molecule has 222 valence electrons. The standard InChI is InChI=1S/C22H22FN3O.2C2HF3O2/c23-21-3-1-17(2-4-21)13-26-10-7-22-19(14-26)11-25-12-20(22)16-27-15-18-5-8-24-9-6-18;2*3-2(4,5)1(6)7/h1-6,8-9,11-12H,7,10,13-16H2;2*(H,6,7). The van der Waals surface area contributed by atoms with E-state index in [-0.39, 0.29) is 5.82 Å². The molecule has 0 atom stereocenters. The van der Waals surface area contributed by atoms with Crippen LogP contribution in [-0.2, 0) is 47.1 Å². The summed E-state index contributed by atoms with van der Waals surface area (Å²) in [6, 6.07) is 10.7. The van der Waals surface area contributed by atoms with Gasteiger partial charge in [-0.05, 0) is 58.5 Å². The number of pyridine rings is 2. The molecule has 0 spiro atoms. The second-order valence-electron chi connectivity index (χ2n) is 8.48. The van der Waals surface area contributed by atoms with E-state index in [9.17, 15) is 30.7 Å². The average Bonchev–Trinajstić information content (AvgIpc) is 2.90. The number of carbonyl (C=O) groups is 2. The molecular weight excluding hydrogens is 567 g/mol. The van der Waals surface area contributed by atoms with Crippen molar-refractivity contribution in [3.05, 3.63) is 94.8 Å². The fourth-order valence-corrected chi connectivity index (χ4v) is 3.49. The smallest absolute Gasteiger partial charge is 0.475 e. The lowest BCUT2D eigenvalue weighted by Gasteiger charge is -2.29. The molecule has 0 bridgehead atoms. The summed E-state index contributed by atoms with van der Waals surface area (Å²) >= 11 is 0. The van der Waals surface area contributed by atoms with E-state index in [0.717, 1.165) is 37.2 Å². The molecule has 15 heteroatoms. The van der Waals surface area contributed by atoms with Crippen molar-refractivity contribution < 1.29 is 55.3 Å². The number of halogens is 7. The predicted octanol–water partition coefficient (Wildman–Crippen LogP) is 5.16. The summed E-state index contributed by atoms with van der Waals surface area (Å²) in [6.45, 7) is 3.80. The molecule has 1 aliphatic heterocycles. The lowest BCUT2D eigenvalue weighted by Crippen LogP contribution is -2.31. The molecule has 41 heavy (non-hydrogen) atoms. The van der Waals surface area contributed by atoms with E-state index in [4.69, 9.17) is 24.5 Å². The number of nitrogens with zero attached hydrogens (tertiary/aromatic N) is 3. The maximum Gasteiger partial charge on any atom is 0.490 e. The molecule has 0 saturated heterocycles. The number of fused-ring (bicyclic) bond motifs is 1. The van der Waals surface area contributed by atoms with Crippen LogP contribution in [0.3, 0.4) is 0 Å². The van der Waals surface area contributed by atoms with Crippen molar-refractivity contribution in [1.29, 1.82) is 0 Å². The van der Waals surface area contributed by atoms with Gasteiger partial charge in [-0.1, -0.05) is 12.1 Å². The Morgan fingerprint density at radius 2 is 1.39 bits per heavy atom. The predicted molar refractivity (Wildman–Crippen MR) is 129 cm³/mol. The number of hydrogen-bond acceptors (Lipinski definition) is 6. The molecule has 1 aliphatic rings. The highest BCUT2D eigenvalue weighted by Gasteiger charge is 2.38. The third-order valence-corrected chi connectivity index (χ3v) is 5.39. The first kappa shape index (κ1) is 33.1. The summed E-state index contributed by atoms with van der Waals surface area (Å²) in [5.41, 5.74) is 6.03. The van der Waals surface area contributed by atoms with Gasteiger partial charge < -0.3 is 14.9 Å². The van der Waals surface area contributed by atoms with Gasteiger partial charge in [0, 0.05) is 44.4 Å². The van der Waals surface area contributed by atoms with Crippen LogP contribution in [0.2, 0.25) is 0 Å². The Balaban J connectivity index is 0.000000349. The number of aliphatic carboxylic acids is 2. The molecule has 2 N–H and O–H groups in total. The van der Waals surface area contributed by atoms with E-state index < -0.39 is 24.3 Å². The summed E-state index contributed by atoms with van der Waals surface area (Å²) in [6.07, 6.45) is -1.76. The van der Waals surface area contributed by atoms with Crippen molar-refractivity contribution in [2.45, 2.75) is 45.1 Å². The summed E-state index contributed by atoms with van der Waals surface area (Å²) in [7, 11) is 0. The van der Waals surface area contributed by atoms with Crippen LogP contribution in [0.15, 0.2) is 61.2 Å². The normalized spacial score (nSPS) is 13.1. The number of hydrogen-bond donors (Lipinski definition) is 2. The van der Waals surface area contributed by atoms with Gasteiger partial charge in [0.15, 0.2) is 0 Å². The van der Waals surface area contributed by atoms with Gasteiger partial charge in [0.05, 0.1) is 13.2 Å². The second-order valence-corrected chi connectivity index (χ2v) is 8.48. The third-order valence-electron chi connectivity index (χ3n) is 5.39. The molecule has 0 aliphatic carbocycles. The van der Waals surface area contributed by atoms with Crippen molar-refractivity contribution in [3.63, 3.8) is 0 Å². The topological polar surface area (TPSA) is 113 Å². The number of carboxylic acid groups (broad SMARTS) is 2. The van der Waals surface area contributed by atoms with Crippen molar-refractivity contribution in [2.24, 2.45) is 0 Å². The maximum absolute atomic E-state index is 13.1. The van der Waals surface area contributed by atoms with E-state index in [1.54, 1.807) is 12.4 Å². The number of ether oxygens (including phenoxy) is 1. The van der Waals surface area contributed by atoms with Crippen LogP contribution in [0.25, 0.3) is 0 Å². The first-order valence-corrected chi connectivity index (χ1v) is 11.6. The largest absolute Gasteiger partial charge is 0.490 e. The number of rotatable bonds is 6. The van der Waals surface area contributed by atoms with E-state index in [1.165, 1.54) is 28.8 Å². The Labute approximate surface area is 229 Å². The minimum Gasteiger partial charge on any atom is -0.475 e. The second kappa shape index (κ2) is 15.0. The van der Waals surface area contributed by atoms with E-state index in [2.05, 4.69) is 14.9 Å². The first-order chi connectivity index (χ1) is 19.2. The van der Waals surface area contributed by atoms with Gasteiger partial charge >= 0.3 is 24.3 Å². The fourth-order valence-electron chi connectivity index (χ4n) is 3.49. The van der Waals surface area contributed by atoms with Crippen molar-refractivity contribution >= 4 is 11.9 Å². The summed E-state index contributed by atoms with van der Waals surface area (Å²) in [5.74, 6) is -5.71. The summed E-state index contributed by atoms with van der Waals surface area (Å²) in [5, 5.41) is 14.2. The van der Waals surface area contributed by atoms with Crippen molar-refractivity contribution in [1.82, 2.24) is 14.9 Å². The molecule has 1 aromatic carbocycles. The average molecular weight is 591 g/mol. The van der Waals surface area contributed by atoms with Gasteiger partial charge in [0.25, 0.3) is 0 Å². The van der Waals surface area contributed by atoms with Crippen LogP contribution < -0.4 is 0 Å². The number of alkyl halides is 6. The molecule has 2 aromatic heterocycles. The van der Waals surface area contributed by atoms with Gasteiger partial charge in [-0.2, -0.15) is 26.3 Å². The zero-order valence-corrected chi connectivity index (χ0v) is 21.1. The highest BCUT2D eigenvalue weighted by Crippen LogP contribution is 2.24. The van der Waals surface area contributed by atoms with E-state index in [0.29, 0.717) is 13.2 Å². The zero-order valence-electron chi connectivity index (χ0n) is 21.1. The van der Waals surface area contributed by atoms with Crippen molar-refractivity contribution in [2.75, 3.05) is 6.54 Å². The fraction of sp³-hybridized carbons (Fsp3) is 0.308. The number of aromatic nitrogens is 2. The highest BCUT2D eigenvalue weighted by molar-refractivity contribution is 5.73. The monoisotopic (exact) mass is 591 g/mol. The number of carboxylic acids is 2. The van der Waals surface area contributed by atoms with Crippen LogP contribution in [-0.4, -0.2) is 55.9 Å². The van der Waals surface area contributed by atoms with Gasteiger partial charge in [0.1, 0.15) is 5.82 Å². The Morgan fingerprint density at radius 1 is 0.829 bits per heavy atom. The molecule has 4 rings (SSSR count). The molecule has 3 aromatic rings. The molecular formula is C26H24F7N3O5. The molecule has 8 nitrogen and oxygen atoms in total. The Kier molecular flexibility index (Phi) is 12.1. The van der Waals surface area contributed by atoms with Gasteiger partial charge in [-0.15, -0.1) is 0 Å². The molecule has 0 saturated carbocycles. The molecule has 0 fully saturated rings. The quantitative estimate of drug-likeness (QED) is 0.379. The van der Waals surface area contributed by atoms with Crippen LogP contribution in [0.1, 0.15) is 27.8 Å². The van der Waals surface area contributed by atoms with E-state index in [1.807, 2.05) is 36.7 Å². The van der Waals surface area contributed by atoms with Crippen LogP contribution in [0.4, 0.5) is 30.7 Å². The van der Waals surface area contributed by atoms with Crippen molar-refractivity contribution in [3.8, 4) is 0 Å². The Morgan fingerprint density at radius 3 is 1.93 bits per heavy atom. The highest BCUT2D eigenvalue weighted by atomic mass is 19.4. The van der Waals surface area contributed by atoms with Crippen LogP contribution in [0.5, 0.6) is 0 Å². The molecule has 0 amide bonds. The van der Waals surface area contributed by atoms with E-state index >= 15 is 0 Å². The lowest BCUT2D eigenvalue weighted by molar-refractivity contribution is -0.193. The summed E-state index contributed by atoms with van der Waals surface area (Å²) < 4.78 is 82.4. The number of benzene rings is 1.